The van der Waals surface area contributed by atoms with Crippen molar-refractivity contribution in [1.29, 1.82) is 0 Å². The maximum Gasteiger partial charge on any atom is 0.122 e. The van der Waals surface area contributed by atoms with Gasteiger partial charge in [-0.1, -0.05) is 26.7 Å². The molecular formula is C8H16O2. The van der Waals surface area contributed by atoms with Gasteiger partial charge in [-0.2, -0.15) is 0 Å². The van der Waals surface area contributed by atoms with E-state index in [2.05, 4.69) is 0 Å². The first-order chi connectivity index (χ1) is 4.76. The molecule has 0 aliphatic carbocycles. The van der Waals surface area contributed by atoms with Crippen LogP contribution in [-0.2, 0) is 4.79 Å². The molecule has 60 valence electrons. The molecule has 0 amide bonds. The van der Waals surface area contributed by atoms with Crippen molar-refractivity contribution in [2.24, 2.45) is 5.92 Å². The number of hydrogen-bond acceptors (Lipinski definition) is 2. The van der Waals surface area contributed by atoms with E-state index in [4.69, 9.17) is 0 Å². The monoisotopic (exact) mass is 144 g/mol. The molecule has 0 aromatic carbocycles. The fourth-order valence-corrected chi connectivity index (χ4v) is 1.12. The molecule has 0 fully saturated rings. The second-order valence-corrected chi connectivity index (χ2v) is 2.55. The first kappa shape index (κ1) is 9.63. The van der Waals surface area contributed by atoms with Crippen LogP contribution in [0.25, 0.3) is 0 Å². The zero-order chi connectivity index (χ0) is 7.98. The van der Waals surface area contributed by atoms with Crippen molar-refractivity contribution in [2.45, 2.75) is 39.2 Å². The Labute approximate surface area is 62.2 Å². The van der Waals surface area contributed by atoms with Crippen molar-refractivity contribution in [3.63, 3.8) is 0 Å². The van der Waals surface area contributed by atoms with E-state index in [1.807, 2.05) is 13.8 Å². The molecule has 2 heteroatoms. The topological polar surface area (TPSA) is 37.3 Å². The van der Waals surface area contributed by atoms with E-state index in [1.165, 1.54) is 0 Å². The van der Waals surface area contributed by atoms with E-state index >= 15 is 0 Å². The van der Waals surface area contributed by atoms with E-state index in [-0.39, 0.29) is 6.42 Å². The fraction of sp³-hybridized carbons (Fsp3) is 0.875. The second-order valence-electron chi connectivity index (χ2n) is 2.55. The maximum atomic E-state index is 9.99. The number of aldehydes is 1. The Morgan fingerprint density at radius 3 is 2.20 bits per heavy atom. The third-order valence-corrected chi connectivity index (χ3v) is 1.93. The Morgan fingerprint density at radius 1 is 1.40 bits per heavy atom. The van der Waals surface area contributed by atoms with Crippen molar-refractivity contribution in [3.8, 4) is 0 Å². The molecule has 1 unspecified atom stereocenters. The lowest BCUT2D eigenvalue weighted by atomic mass is 9.95. The van der Waals surface area contributed by atoms with Gasteiger partial charge in [-0.05, 0) is 5.92 Å². The Bertz CT molecular complexity index is 87.3. The summed E-state index contributed by atoms with van der Waals surface area (Å²) in [6.45, 7) is 4.06. The summed E-state index contributed by atoms with van der Waals surface area (Å²) in [5, 5.41) is 9.28. The van der Waals surface area contributed by atoms with Gasteiger partial charge in [-0.3, -0.25) is 0 Å². The van der Waals surface area contributed by atoms with Crippen LogP contribution in [0.1, 0.15) is 33.1 Å². The minimum Gasteiger partial charge on any atom is -0.392 e. The summed E-state index contributed by atoms with van der Waals surface area (Å²) in [4.78, 5) is 9.99. The quantitative estimate of drug-likeness (QED) is 0.592. The molecule has 0 saturated heterocycles. The third-order valence-electron chi connectivity index (χ3n) is 1.93. The van der Waals surface area contributed by atoms with Crippen LogP contribution >= 0.6 is 0 Å². The average Bonchev–Trinajstić information content (AvgIpc) is 1.91. The smallest absolute Gasteiger partial charge is 0.122 e. The highest BCUT2D eigenvalue weighted by Crippen LogP contribution is 2.14. The SMILES string of the molecule is CCC(CC)C(O)CC=O. The number of carbonyl (C=O) groups excluding carboxylic acids is 1. The average molecular weight is 144 g/mol. The molecule has 0 radical (unpaired) electrons. The third kappa shape index (κ3) is 2.97. The van der Waals surface area contributed by atoms with Crippen molar-refractivity contribution in [1.82, 2.24) is 0 Å². The Hall–Kier alpha value is -0.370. The molecule has 10 heavy (non-hydrogen) atoms. The van der Waals surface area contributed by atoms with E-state index in [1.54, 1.807) is 0 Å². The molecule has 2 nitrogen and oxygen atoms in total. The summed E-state index contributed by atoms with van der Waals surface area (Å²) in [5.74, 6) is 0.296. The Morgan fingerprint density at radius 2 is 1.90 bits per heavy atom. The van der Waals surface area contributed by atoms with Crippen LogP contribution < -0.4 is 0 Å². The summed E-state index contributed by atoms with van der Waals surface area (Å²) in [6, 6.07) is 0. The molecule has 1 N–H and O–H groups in total. The summed E-state index contributed by atoms with van der Waals surface area (Å²) in [5.41, 5.74) is 0. The molecule has 0 rings (SSSR count). The van der Waals surface area contributed by atoms with E-state index in [0.29, 0.717) is 5.92 Å². The predicted octanol–water partition coefficient (Wildman–Crippen LogP) is 1.37. The summed E-state index contributed by atoms with van der Waals surface area (Å²) >= 11 is 0. The molecule has 0 saturated carbocycles. The summed E-state index contributed by atoms with van der Waals surface area (Å²) in [6.07, 6.45) is 2.54. The van der Waals surface area contributed by atoms with Gasteiger partial charge in [-0.25, -0.2) is 0 Å². The highest BCUT2D eigenvalue weighted by Gasteiger charge is 2.13. The van der Waals surface area contributed by atoms with Crippen LogP contribution in [0.3, 0.4) is 0 Å². The van der Waals surface area contributed by atoms with E-state index in [9.17, 15) is 9.90 Å². The minimum absolute atomic E-state index is 0.284. The standard InChI is InChI=1S/C8H16O2/c1-3-7(4-2)8(10)5-6-9/h6-8,10H,3-5H2,1-2H3. The van der Waals surface area contributed by atoms with E-state index < -0.39 is 6.10 Å². The number of carbonyl (C=O) groups is 1. The zero-order valence-electron chi connectivity index (χ0n) is 6.71. The highest BCUT2D eigenvalue weighted by atomic mass is 16.3. The molecule has 0 aromatic heterocycles. The molecule has 0 aliphatic heterocycles. The van der Waals surface area contributed by atoms with Gasteiger partial charge < -0.3 is 9.90 Å². The lowest BCUT2D eigenvalue weighted by molar-refractivity contribution is -0.110. The van der Waals surface area contributed by atoms with Gasteiger partial charge >= 0.3 is 0 Å². The first-order valence-corrected chi connectivity index (χ1v) is 3.87. The molecule has 1 atom stereocenters. The van der Waals surface area contributed by atoms with Crippen molar-refractivity contribution < 1.29 is 9.90 Å². The molecular weight excluding hydrogens is 128 g/mol. The van der Waals surface area contributed by atoms with Gasteiger partial charge in [0, 0.05) is 6.42 Å². The normalized spacial score (nSPS) is 13.6. The van der Waals surface area contributed by atoms with E-state index in [0.717, 1.165) is 19.1 Å². The second kappa shape index (κ2) is 5.42. The Kier molecular flexibility index (Phi) is 5.22. The van der Waals surface area contributed by atoms with Crippen LogP contribution in [0.4, 0.5) is 0 Å². The number of aliphatic hydroxyl groups excluding tert-OH is 1. The van der Waals surface area contributed by atoms with Crippen LogP contribution in [0.5, 0.6) is 0 Å². The van der Waals surface area contributed by atoms with Crippen molar-refractivity contribution >= 4 is 6.29 Å². The van der Waals surface area contributed by atoms with Gasteiger partial charge in [0.15, 0.2) is 0 Å². The number of aliphatic hydroxyl groups is 1. The summed E-state index contributed by atoms with van der Waals surface area (Å²) in [7, 11) is 0. The van der Waals surface area contributed by atoms with Crippen LogP contribution in [0.2, 0.25) is 0 Å². The van der Waals surface area contributed by atoms with Gasteiger partial charge in [0.25, 0.3) is 0 Å². The molecule has 0 aliphatic rings. The zero-order valence-corrected chi connectivity index (χ0v) is 6.71. The summed E-state index contributed by atoms with van der Waals surface area (Å²) < 4.78 is 0. The predicted molar refractivity (Wildman–Crippen MR) is 40.8 cm³/mol. The maximum absolute atomic E-state index is 9.99. The van der Waals surface area contributed by atoms with Crippen molar-refractivity contribution in [2.75, 3.05) is 0 Å². The van der Waals surface area contributed by atoms with Crippen LogP contribution in [0.15, 0.2) is 0 Å². The lowest BCUT2D eigenvalue weighted by Crippen LogP contribution is -2.19. The van der Waals surface area contributed by atoms with Gasteiger partial charge in [-0.15, -0.1) is 0 Å². The molecule has 0 aromatic rings. The molecule has 0 bridgehead atoms. The van der Waals surface area contributed by atoms with Gasteiger partial charge in [0.1, 0.15) is 6.29 Å². The number of rotatable bonds is 5. The van der Waals surface area contributed by atoms with Gasteiger partial charge in [0.2, 0.25) is 0 Å². The minimum atomic E-state index is -0.424. The largest absolute Gasteiger partial charge is 0.392 e. The molecule has 0 spiro atoms. The first-order valence-electron chi connectivity index (χ1n) is 3.87. The van der Waals surface area contributed by atoms with Crippen LogP contribution in [-0.4, -0.2) is 17.5 Å². The Balaban J connectivity index is 3.63. The highest BCUT2D eigenvalue weighted by molar-refractivity contribution is 5.50. The van der Waals surface area contributed by atoms with Crippen molar-refractivity contribution in [3.05, 3.63) is 0 Å². The lowest BCUT2D eigenvalue weighted by Gasteiger charge is -2.16. The van der Waals surface area contributed by atoms with Crippen LogP contribution in [0, 0.1) is 5.92 Å². The fourth-order valence-electron chi connectivity index (χ4n) is 1.12. The number of hydrogen-bond donors (Lipinski definition) is 1. The van der Waals surface area contributed by atoms with Gasteiger partial charge in [0.05, 0.1) is 6.10 Å². The molecule has 0 heterocycles.